The molecule has 0 aromatic carbocycles. The molecule has 2 aliphatic rings. The number of likely N-dealkylation sites (N-methyl/N-ethyl adjacent to an activating group) is 1. The minimum Gasteiger partial charge on any atom is -0.376 e. The summed E-state index contributed by atoms with van der Waals surface area (Å²) >= 11 is 1.95. The molecule has 0 radical (unpaired) electrons. The molecule has 24 heavy (non-hydrogen) atoms. The van der Waals surface area contributed by atoms with Crippen molar-refractivity contribution in [1.82, 2.24) is 20.3 Å². The summed E-state index contributed by atoms with van der Waals surface area (Å²) in [7, 11) is 1.99. The minimum atomic E-state index is 0.0291. The van der Waals surface area contributed by atoms with E-state index in [1.807, 2.05) is 18.8 Å². The van der Waals surface area contributed by atoms with Gasteiger partial charge in [0.15, 0.2) is 11.6 Å². The Kier molecular flexibility index (Phi) is 4.67. The number of ether oxygens (including phenoxy) is 2. The lowest BCUT2D eigenvalue weighted by Crippen LogP contribution is -2.40. The molecule has 0 bridgehead atoms. The Morgan fingerprint density at radius 3 is 2.71 bits per heavy atom. The van der Waals surface area contributed by atoms with Crippen molar-refractivity contribution in [2.24, 2.45) is 0 Å². The van der Waals surface area contributed by atoms with Gasteiger partial charge in [0.1, 0.15) is 0 Å². The van der Waals surface area contributed by atoms with E-state index in [9.17, 15) is 0 Å². The molecular formula is C14H20N6O3S. The van der Waals surface area contributed by atoms with E-state index in [2.05, 4.69) is 30.1 Å². The quantitative estimate of drug-likeness (QED) is 0.771. The van der Waals surface area contributed by atoms with Crippen LogP contribution >= 0.6 is 11.8 Å². The van der Waals surface area contributed by atoms with Gasteiger partial charge in [0.2, 0.25) is 11.3 Å². The molecule has 2 aromatic rings. The second-order valence-electron chi connectivity index (χ2n) is 5.83. The fourth-order valence-corrected chi connectivity index (χ4v) is 3.80. The second-order valence-corrected chi connectivity index (χ2v) is 7.05. The zero-order valence-electron chi connectivity index (χ0n) is 13.6. The normalized spacial score (nSPS) is 22.0. The van der Waals surface area contributed by atoms with Gasteiger partial charge in [0.25, 0.3) is 0 Å². The van der Waals surface area contributed by atoms with E-state index >= 15 is 0 Å². The van der Waals surface area contributed by atoms with Crippen LogP contribution in [0.15, 0.2) is 4.63 Å². The van der Waals surface area contributed by atoms with Gasteiger partial charge in [-0.3, -0.25) is 0 Å². The minimum absolute atomic E-state index is 0.0291. The molecule has 4 heterocycles. The van der Waals surface area contributed by atoms with Gasteiger partial charge in [-0.25, -0.2) is 14.6 Å². The van der Waals surface area contributed by atoms with E-state index in [0.717, 1.165) is 36.2 Å². The number of fused-ring (bicyclic) bond motifs is 1. The van der Waals surface area contributed by atoms with Crippen molar-refractivity contribution in [3.63, 3.8) is 0 Å². The number of aromatic nitrogens is 4. The van der Waals surface area contributed by atoms with Crippen LogP contribution in [0.3, 0.4) is 0 Å². The van der Waals surface area contributed by atoms with Crippen LogP contribution in [-0.2, 0) is 9.47 Å². The predicted molar refractivity (Wildman–Crippen MR) is 90.8 cm³/mol. The molecule has 2 aromatic heterocycles. The molecule has 0 spiro atoms. The third kappa shape index (κ3) is 3.26. The highest BCUT2D eigenvalue weighted by Gasteiger charge is 2.25. The number of hydrogen-bond donors (Lipinski definition) is 0. The third-order valence-electron chi connectivity index (χ3n) is 4.11. The van der Waals surface area contributed by atoms with Gasteiger partial charge >= 0.3 is 0 Å². The molecule has 9 nitrogen and oxygen atoms in total. The Morgan fingerprint density at radius 2 is 1.96 bits per heavy atom. The van der Waals surface area contributed by atoms with E-state index in [1.165, 1.54) is 0 Å². The van der Waals surface area contributed by atoms with Crippen molar-refractivity contribution in [1.29, 1.82) is 0 Å². The molecule has 2 fully saturated rings. The van der Waals surface area contributed by atoms with Crippen molar-refractivity contribution in [3.05, 3.63) is 0 Å². The summed E-state index contributed by atoms with van der Waals surface area (Å²) in [5, 5.41) is 7.67. The molecule has 130 valence electrons. The van der Waals surface area contributed by atoms with E-state index in [4.69, 9.17) is 14.1 Å². The van der Waals surface area contributed by atoms with Crippen LogP contribution in [0.25, 0.3) is 11.3 Å². The maximum absolute atomic E-state index is 5.75. The monoisotopic (exact) mass is 352 g/mol. The number of hydrogen-bond acceptors (Lipinski definition) is 10. The van der Waals surface area contributed by atoms with Gasteiger partial charge in [-0.2, -0.15) is 11.8 Å². The maximum Gasteiger partial charge on any atom is 0.245 e. The van der Waals surface area contributed by atoms with Crippen molar-refractivity contribution in [2.45, 2.75) is 6.10 Å². The molecule has 2 aliphatic heterocycles. The molecule has 0 aliphatic carbocycles. The first-order chi connectivity index (χ1) is 11.8. The largest absolute Gasteiger partial charge is 0.376 e. The predicted octanol–water partition coefficient (Wildman–Crippen LogP) is 0.418. The Balaban J connectivity index is 1.63. The first-order valence-electron chi connectivity index (χ1n) is 8.05. The van der Waals surface area contributed by atoms with Crippen molar-refractivity contribution >= 4 is 34.7 Å². The average molecular weight is 352 g/mol. The van der Waals surface area contributed by atoms with Crippen LogP contribution in [-0.4, -0.2) is 84.4 Å². The van der Waals surface area contributed by atoms with Crippen molar-refractivity contribution in [3.8, 4) is 0 Å². The smallest absolute Gasteiger partial charge is 0.245 e. The highest BCUT2D eigenvalue weighted by Crippen LogP contribution is 2.28. The van der Waals surface area contributed by atoms with Crippen molar-refractivity contribution in [2.75, 3.05) is 67.8 Å². The highest BCUT2D eigenvalue weighted by atomic mass is 32.2. The fourth-order valence-electron chi connectivity index (χ4n) is 2.90. The van der Waals surface area contributed by atoms with E-state index in [1.54, 1.807) is 0 Å². The number of nitrogens with zero attached hydrogens (tertiary/aromatic N) is 6. The lowest BCUT2D eigenvalue weighted by molar-refractivity contribution is -0.0837. The number of thioether (sulfide) groups is 1. The standard InChI is InChI=1S/C14H20N6O3S/c1-19(8-10-9-21-4-5-22-10)13-14(20-2-6-24-7-3-20)16-12-11(15-13)17-23-18-12/h10H,2-9H2,1H3. The van der Waals surface area contributed by atoms with Gasteiger partial charge in [-0.15, -0.1) is 0 Å². The van der Waals surface area contributed by atoms with Gasteiger partial charge in [-0.1, -0.05) is 0 Å². The lowest BCUT2D eigenvalue weighted by atomic mass is 10.3. The molecule has 2 saturated heterocycles. The summed E-state index contributed by atoms with van der Waals surface area (Å²) in [5.41, 5.74) is 0.866. The molecule has 10 heteroatoms. The number of anilines is 2. The first kappa shape index (κ1) is 15.9. The zero-order chi connectivity index (χ0) is 16.4. The summed E-state index contributed by atoms with van der Waals surface area (Å²) in [5.74, 6) is 3.77. The molecule has 0 saturated carbocycles. The lowest BCUT2D eigenvalue weighted by Gasteiger charge is -2.32. The van der Waals surface area contributed by atoms with Crippen LogP contribution in [0.5, 0.6) is 0 Å². The fraction of sp³-hybridized carbons (Fsp3) is 0.714. The maximum atomic E-state index is 5.75. The summed E-state index contributed by atoms with van der Waals surface area (Å²) in [4.78, 5) is 13.6. The average Bonchev–Trinajstić information content (AvgIpc) is 3.10. The SMILES string of the molecule is CN(CC1COCCO1)c1nc2nonc2nc1N1CCSCC1. The van der Waals surface area contributed by atoms with Crippen LogP contribution in [0, 0.1) is 0 Å². The molecule has 1 unspecified atom stereocenters. The van der Waals surface area contributed by atoms with Gasteiger partial charge in [-0.05, 0) is 10.3 Å². The van der Waals surface area contributed by atoms with Crippen LogP contribution in [0.2, 0.25) is 0 Å². The summed E-state index contributed by atoms with van der Waals surface area (Å²) in [6.45, 7) is 4.46. The summed E-state index contributed by atoms with van der Waals surface area (Å²) in [6.07, 6.45) is 0.0291. The molecule has 4 rings (SSSR count). The van der Waals surface area contributed by atoms with E-state index < -0.39 is 0 Å². The van der Waals surface area contributed by atoms with E-state index in [-0.39, 0.29) is 6.10 Å². The molecule has 0 amide bonds. The van der Waals surface area contributed by atoms with Crippen molar-refractivity contribution < 1.29 is 14.1 Å². The molecule has 0 N–H and O–H groups in total. The van der Waals surface area contributed by atoms with Crippen LogP contribution in [0.1, 0.15) is 0 Å². The number of rotatable bonds is 4. The Labute approximate surface area is 143 Å². The van der Waals surface area contributed by atoms with Crippen LogP contribution in [0.4, 0.5) is 11.6 Å². The zero-order valence-corrected chi connectivity index (χ0v) is 14.4. The van der Waals surface area contributed by atoms with Crippen LogP contribution < -0.4 is 9.80 Å². The Hall–Kier alpha value is -1.65. The Morgan fingerprint density at radius 1 is 1.17 bits per heavy atom. The van der Waals surface area contributed by atoms with E-state index in [0.29, 0.717) is 37.7 Å². The first-order valence-corrected chi connectivity index (χ1v) is 9.20. The Bertz CT molecular complexity index is 686. The highest BCUT2D eigenvalue weighted by molar-refractivity contribution is 7.99. The summed E-state index contributed by atoms with van der Waals surface area (Å²) in [6, 6.07) is 0. The third-order valence-corrected chi connectivity index (χ3v) is 5.06. The molecule has 1 atom stereocenters. The second kappa shape index (κ2) is 7.08. The molecular weight excluding hydrogens is 332 g/mol. The van der Waals surface area contributed by atoms with Gasteiger partial charge < -0.3 is 19.3 Å². The van der Waals surface area contributed by atoms with Gasteiger partial charge in [0, 0.05) is 38.2 Å². The van der Waals surface area contributed by atoms with Gasteiger partial charge in [0.05, 0.1) is 25.9 Å². The topological polar surface area (TPSA) is 89.6 Å². The summed E-state index contributed by atoms with van der Waals surface area (Å²) < 4.78 is 16.0.